The molecule has 0 aromatic heterocycles. The molecule has 10 heavy (non-hydrogen) atoms. The first kappa shape index (κ1) is 7.34. The van der Waals surface area contributed by atoms with Crippen LogP contribution in [0.2, 0.25) is 0 Å². The van der Waals surface area contributed by atoms with E-state index in [0.717, 1.165) is 19.3 Å². The predicted molar refractivity (Wildman–Crippen MR) is 36.3 cm³/mol. The van der Waals surface area contributed by atoms with Crippen LogP contribution in [-0.4, -0.2) is 18.2 Å². The van der Waals surface area contributed by atoms with Crippen LogP contribution in [0, 0.1) is 0 Å². The third-order valence-electron chi connectivity index (χ3n) is 1.85. The minimum atomic E-state index is -0.739. The molecular formula is C6H12N2O2. The molecule has 0 bridgehead atoms. The third-order valence-corrected chi connectivity index (χ3v) is 1.85. The summed E-state index contributed by atoms with van der Waals surface area (Å²) in [4.78, 5) is 10.1. The van der Waals surface area contributed by atoms with Crippen molar-refractivity contribution in [2.75, 3.05) is 6.61 Å². The van der Waals surface area contributed by atoms with Crippen LogP contribution in [0.3, 0.4) is 0 Å². The highest BCUT2D eigenvalue weighted by molar-refractivity contribution is 5.64. The number of carbonyl (C=O) groups is 1. The van der Waals surface area contributed by atoms with Gasteiger partial charge in [0.2, 0.25) is 0 Å². The van der Waals surface area contributed by atoms with E-state index in [4.69, 9.17) is 11.5 Å². The molecule has 1 rings (SSSR count). The van der Waals surface area contributed by atoms with E-state index >= 15 is 0 Å². The lowest BCUT2D eigenvalue weighted by molar-refractivity contribution is 0.0911. The molecule has 58 valence electrons. The van der Waals surface area contributed by atoms with Gasteiger partial charge in [-0.25, -0.2) is 4.79 Å². The lowest BCUT2D eigenvalue weighted by Crippen LogP contribution is -2.51. The highest BCUT2D eigenvalue weighted by Gasteiger charge is 2.33. The van der Waals surface area contributed by atoms with Crippen LogP contribution in [-0.2, 0) is 4.74 Å². The number of rotatable bonds is 2. The minimum absolute atomic E-state index is 0.266. The zero-order valence-electron chi connectivity index (χ0n) is 5.80. The molecule has 0 aromatic rings. The average Bonchev–Trinajstić information content (AvgIpc) is 1.79. The van der Waals surface area contributed by atoms with Crippen LogP contribution in [0.4, 0.5) is 4.79 Å². The minimum Gasteiger partial charge on any atom is -0.448 e. The normalized spacial score (nSPS) is 21.3. The largest absolute Gasteiger partial charge is 0.448 e. The Kier molecular flexibility index (Phi) is 1.80. The molecule has 4 heteroatoms. The van der Waals surface area contributed by atoms with Crippen LogP contribution in [0.5, 0.6) is 0 Å². The molecule has 1 aliphatic rings. The molecule has 1 aliphatic carbocycles. The van der Waals surface area contributed by atoms with E-state index in [1.165, 1.54) is 0 Å². The molecule has 4 nitrogen and oxygen atoms in total. The fourth-order valence-corrected chi connectivity index (χ4v) is 0.990. The highest BCUT2D eigenvalue weighted by Crippen LogP contribution is 2.28. The zero-order valence-corrected chi connectivity index (χ0v) is 5.80. The molecular weight excluding hydrogens is 132 g/mol. The van der Waals surface area contributed by atoms with E-state index < -0.39 is 6.09 Å². The van der Waals surface area contributed by atoms with Gasteiger partial charge in [-0.05, 0) is 19.3 Å². The smallest absolute Gasteiger partial charge is 0.404 e. The number of amides is 1. The Bertz CT molecular complexity index is 143. The summed E-state index contributed by atoms with van der Waals surface area (Å²) in [7, 11) is 0. The van der Waals surface area contributed by atoms with Gasteiger partial charge in [0.1, 0.15) is 6.61 Å². The third kappa shape index (κ3) is 1.60. The van der Waals surface area contributed by atoms with Gasteiger partial charge in [0.05, 0.1) is 5.54 Å². The monoisotopic (exact) mass is 144 g/mol. The van der Waals surface area contributed by atoms with Gasteiger partial charge in [-0.15, -0.1) is 0 Å². The average molecular weight is 144 g/mol. The van der Waals surface area contributed by atoms with Crippen molar-refractivity contribution in [2.45, 2.75) is 24.8 Å². The second-order valence-electron chi connectivity index (χ2n) is 2.82. The quantitative estimate of drug-likeness (QED) is 0.571. The summed E-state index contributed by atoms with van der Waals surface area (Å²) in [6, 6.07) is 0. The Hall–Kier alpha value is -0.770. The molecule has 1 fully saturated rings. The van der Waals surface area contributed by atoms with Gasteiger partial charge in [-0.1, -0.05) is 0 Å². The van der Waals surface area contributed by atoms with Crippen LogP contribution in [0.15, 0.2) is 0 Å². The molecule has 0 radical (unpaired) electrons. The summed E-state index contributed by atoms with van der Waals surface area (Å²) in [5.74, 6) is 0. The van der Waals surface area contributed by atoms with E-state index in [-0.39, 0.29) is 12.1 Å². The fourth-order valence-electron chi connectivity index (χ4n) is 0.990. The molecule has 4 N–H and O–H groups in total. The second kappa shape index (κ2) is 2.46. The van der Waals surface area contributed by atoms with Crippen molar-refractivity contribution >= 4 is 6.09 Å². The van der Waals surface area contributed by atoms with Crippen molar-refractivity contribution in [3.05, 3.63) is 0 Å². The Labute approximate surface area is 59.5 Å². The van der Waals surface area contributed by atoms with Crippen LogP contribution in [0.25, 0.3) is 0 Å². The first-order chi connectivity index (χ1) is 4.62. The van der Waals surface area contributed by atoms with E-state index in [1.807, 2.05) is 0 Å². The molecule has 0 aromatic carbocycles. The van der Waals surface area contributed by atoms with Gasteiger partial charge < -0.3 is 16.2 Å². The molecule has 0 spiro atoms. The van der Waals surface area contributed by atoms with Crippen molar-refractivity contribution in [2.24, 2.45) is 11.5 Å². The predicted octanol–water partition coefficient (Wildman–Crippen LogP) is -0.0369. The number of primary amides is 1. The summed E-state index contributed by atoms with van der Waals surface area (Å²) in [5, 5.41) is 0. The highest BCUT2D eigenvalue weighted by atomic mass is 16.5. The van der Waals surface area contributed by atoms with Gasteiger partial charge in [0.25, 0.3) is 0 Å². The van der Waals surface area contributed by atoms with Gasteiger partial charge in [-0.2, -0.15) is 0 Å². The zero-order chi connectivity index (χ0) is 7.61. The van der Waals surface area contributed by atoms with E-state index in [9.17, 15) is 4.79 Å². The Morgan fingerprint density at radius 1 is 1.60 bits per heavy atom. The number of ether oxygens (including phenoxy) is 1. The molecule has 0 atom stereocenters. The number of hydrogen-bond donors (Lipinski definition) is 2. The SMILES string of the molecule is NC(=O)OCC1(N)CCC1. The van der Waals surface area contributed by atoms with Crippen LogP contribution in [0.1, 0.15) is 19.3 Å². The van der Waals surface area contributed by atoms with Crippen molar-refractivity contribution in [3.63, 3.8) is 0 Å². The number of nitrogens with two attached hydrogens (primary N) is 2. The second-order valence-corrected chi connectivity index (χ2v) is 2.82. The first-order valence-corrected chi connectivity index (χ1v) is 3.33. The van der Waals surface area contributed by atoms with Crippen molar-refractivity contribution in [3.8, 4) is 0 Å². The van der Waals surface area contributed by atoms with Gasteiger partial charge >= 0.3 is 6.09 Å². The molecule has 1 amide bonds. The topological polar surface area (TPSA) is 78.3 Å². The molecule has 0 saturated heterocycles. The van der Waals surface area contributed by atoms with E-state index in [2.05, 4.69) is 4.74 Å². The van der Waals surface area contributed by atoms with Gasteiger partial charge in [0, 0.05) is 0 Å². The summed E-state index contributed by atoms with van der Waals surface area (Å²) >= 11 is 0. The molecule has 1 saturated carbocycles. The Balaban J connectivity index is 2.18. The summed E-state index contributed by atoms with van der Waals surface area (Å²) < 4.78 is 4.56. The van der Waals surface area contributed by atoms with E-state index in [1.54, 1.807) is 0 Å². The first-order valence-electron chi connectivity index (χ1n) is 3.33. The lowest BCUT2D eigenvalue weighted by Gasteiger charge is -2.36. The van der Waals surface area contributed by atoms with Crippen LogP contribution < -0.4 is 11.5 Å². The molecule has 0 heterocycles. The number of hydrogen-bond acceptors (Lipinski definition) is 3. The van der Waals surface area contributed by atoms with Crippen molar-refractivity contribution in [1.82, 2.24) is 0 Å². The Morgan fingerprint density at radius 2 is 2.20 bits per heavy atom. The van der Waals surface area contributed by atoms with E-state index in [0.29, 0.717) is 0 Å². The summed E-state index contributed by atoms with van der Waals surface area (Å²) in [6.07, 6.45) is 2.25. The maximum atomic E-state index is 10.1. The summed E-state index contributed by atoms with van der Waals surface area (Å²) in [5.41, 5.74) is 10.2. The van der Waals surface area contributed by atoms with Crippen LogP contribution >= 0.6 is 0 Å². The van der Waals surface area contributed by atoms with Gasteiger partial charge in [-0.3, -0.25) is 0 Å². The summed E-state index contributed by atoms with van der Waals surface area (Å²) in [6.45, 7) is 0.266. The number of carbonyl (C=O) groups excluding carboxylic acids is 1. The van der Waals surface area contributed by atoms with Crippen molar-refractivity contribution in [1.29, 1.82) is 0 Å². The van der Waals surface area contributed by atoms with Gasteiger partial charge in [0.15, 0.2) is 0 Å². The Morgan fingerprint density at radius 3 is 2.50 bits per heavy atom. The molecule has 0 aliphatic heterocycles. The maximum Gasteiger partial charge on any atom is 0.404 e. The van der Waals surface area contributed by atoms with Crippen molar-refractivity contribution < 1.29 is 9.53 Å². The maximum absolute atomic E-state index is 10.1. The molecule has 0 unspecified atom stereocenters. The fraction of sp³-hybridized carbons (Fsp3) is 0.833. The lowest BCUT2D eigenvalue weighted by atomic mass is 9.78. The standard InChI is InChI=1S/C6H12N2O2/c7-5(9)10-4-6(8)2-1-3-6/h1-4,8H2,(H2,7,9).